The summed E-state index contributed by atoms with van der Waals surface area (Å²) >= 11 is 0. The number of hydrogen-bond acceptors (Lipinski definition) is 39. The maximum absolute atomic E-state index is 16.1. The summed E-state index contributed by atoms with van der Waals surface area (Å²) in [5.74, 6) is -4.27. The van der Waals surface area contributed by atoms with Crippen molar-refractivity contribution >= 4 is 18.2 Å². The number of rotatable bonds is 19. The second-order valence-electron chi connectivity index (χ2n) is 35.9. The molecule has 4 saturated carbocycles. The van der Waals surface area contributed by atoms with Crippen LogP contribution in [0.4, 0.5) is 0 Å². The quantitative estimate of drug-likeness (QED) is 0.0247. The molecular formula is C75H118O40. The minimum absolute atomic E-state index is 0.0129. The summed E-state index contributed by atoms with van der Waals surface area (Å²) in [5.41, 5.74) is -5.19. The van der Waals surface area contributed by atoms with Crippen molar-refractivity contribution < 1.29 is 197 Å². The number of carbonyl (C=O) groups is 3. The summed E-state index contributed by atoms with van der Waals surface area (Å²) in [6, 6.07) is 0. The van der Waals surface area contributed by atoms with E-state index < -0.39 is 322 Å². The van der Waals surface area contributed by atoms with Crippen LogP contribution in [0.5, 0.6) is 0 Å². The van der Waals surface area contributed by atoms with Crippen LogP contribution in [0.15, 0.2) is 11.6 Å². The molecule has 47 atom stereocenters. The lowest BCUT2D eigenvalue weighted by Crippen LogP contribution is -2.69. The number of allylic oxidation sites excluding steroid dienone is 2. The van der Waals surface area contributed by atoms with E-state index in [4.69, 9.17) is 75.8 Å². The Morgan fingerprint density at radius 3 is 1.56 bits per heavy atom. The van der Waals surface area contributed by atoms with Gasteiger partial charge in [-0.3, -0.25) is 4.79 Å². The first-order chi connectivity index (χ1) is 53.9. The van der Waals surface area contributed by atoms with Gasteiger partial charge in [-0.2, -0.15) is 0 Å². The van der Waals surface area contributed by atoms with Crippen LogP contribution in [0.25, 0.3) is 0 Å². The third-order valence-electron chi connectivity index (χ3n) is 28.5. The van der Waals surface area contributed by atoms with E-state index in [1.807, 2.05) is 13.8 Å². The van der Waals surface area contributed by atoms with Crippen LogP contribution >= 0.6 is 0 Å². The predicted octanol–water partition coefficient (Wildman–Crippen LogP) is -7.50. The van der Waals surface area contributed by atoms with Gasteiger partial charge in [0.15, 0.2) is 56.2 Å². The molecule has 21 N–H and O–H groups in total. The van der Waals surface area contributed by atoms with Gasteiger partial charge in [-0.25, -0.2) is 4.79 Å². The van der Waals surface area contributed by atoms with E-state index in [9.17, 15) is 117 Å². The molecule has 0 radical (unpaired) electrons. The highest BCUT2D eigenvalue weighted by molar-refractivity contribution is 5.80. The molecule has 0 aromatic rings. The van der Waals surface area contributed by atoms with Gasteiger partial charge in [-0.15, -0.1) is 0 Å². The largest absolute Gasteiger partial charge is 0.479 e. The lowest BCUT2D eigenvalue weighted by atomic mass is 9.33. The summed E-state index contributed by atoms with van der Waals surface area (Å²) in [7, 11) is 0. The number of aldehydes is 1. The van der Waals surface area contributed by atoms with Crippen molar-refractivity contribution in [2.75, 3.05) is 26.4 Å². The number of ether oxygens (including phenoxy) is 16. The average molecular weight is 1660 g/mol. The van der Waals surface area contributed by atoms with Crippen LogP contribution in [0.3, 0.4) is 0 Å². The van der Waals surface area contributed by atoms with Gasteiger partial charge in [0.2, 0.25) is 6.29 Å². The summed E-state index contributed by atoms with van der Waals surface area (Å²) in [5, 5.41) is 233. The van der Waals surface area contributed by atoms with E-state index in [2.05, 4.69) is 26.8 Å². The highest BCUT2D eigenvalue weighted by Crippen LogP contribution is 2.76. The number of aliphatic hydroxyl groups excluding tert-OH is 20. The van der Waals surface area contributed by atoms with Gasteiger partial charge in [0.25, 0.3) is 0 Å². The third-order valence-corrected chi connectivity index (χ3v) is 28.5. The van der Waals surface area contributed by atoms with Gasteiger partial charge in [-0.05, 0) is 118 Å². The van der Waals surface area contributed by atoms with Crippen LogP contribution in [0, 0.1) is 50.2 Å². The SMILES string of the molecule is C[C@@H]1O[C@@H](O[C@H]2[C@H](OC(=O)[C@]34CCC(C)(C)C[C@H]3C3=CCC5[C@@]6(C)CC[C@H](O[C@@H]7O[C@H](C(=O)O)[C@@H](O)[C@H](O[C@@H]8OC[C@@H](O)[C@H](O)[C@H]8O)[C@H]7O[C@@H]7O[C@H](CO)[C@H](O)[C@H](O)[C@H]7O)[C@@](C)(C=O)C6CC[C@@]5(C)[C@]3(C)C[C@H]4O)O[C@H](C)[C@H](O[C@@H]3O[C@H](C)[C@@H](O)[C@H](O)[C@H]3O)[C@@H]2O)[C@H](O)[C@H](O)[C@H]1O[C@@H]1OC[C@@H](O)[C@H](O[C@@H]2OC[C@@H](O)[C@H](O)[C@H]2O)[C@H]1O. The fourth-order valence-corrected chi connectivity index (χ4v) is 21.4. The highest BCUT2D eigenvalue weighted by Gasteiger charge is 2.73. The van der Waals surface area contributed by atoms with Gasteiger partial charge in [0, 0.05) is 0 Å². The number of esters is 1. The van der Waals surface area contributed by atoms with E-state index in [-0.39, 0.29) is 25.2 Å². The molecule has 40 heteroatoms. The molecule has 2 unspecified atom stereocenters. The van der Waals surface area contributed by atoms with Crippen molar-refractivity contribution in [1.29, 1.82) is 0 Å². The fraction of sp³-hybridized carbons (Fsp3) is 0.933. The van der Waals surface area contributed by atoms with E-state index in [0.717, 1.165) is 11.9 Å². The Balaban J connectivity index is 0.765. The van der Waals surface area contributed by atoms with Crippen molar-refractivity contribution in [3.8, 4) is 0 Å². The molecule has 13 rings (SSSR count). The van der Waals surface area contributed by atoms with Crippen molar-refractivity contribution in [3.63, 3.8) is 0 Å². The summed E-state index contributed by atoms with van der Waals surface area (Å²) in [6.07, 6.45) is -64.4. The zero-order valence-corrected chi connectivity index (χ0v) is 65.2. The van der Waals surface area contributed by atoms with E-state index in [1.165, 1.54) is 20.8 Å². The van der Waals surface area contributed by atoms with Gasteiger partial charge in [-0.1, -0.05) is 53.2 Å². The van der Waals surface area contributed by atoms with Gasteiger partial charge in [0.1, 0.15) is 158 Å². The molecule has 0 bridgehead atoms. The Morgan fingerprint density at radius 1 is 0.452 bits per heavy atom. The van der Waals surface area contributed by atoms with Gasteiger partial charge >= 0.3 is 11.9 Å². The minimum atomic E-state index is -2.24. The topological polar surface area (TPSA) is 624 Å². The number of aliphatic carboxylic acids is 1. The number of hydrogen-bond donors (Lipinski definition) is 21. The van der Waals surface area contributed by atoms with Gasteiger partial charge < -0.3 is 188 Å². The lowest BCUT2D eigenvalue weighted by molar-refractivity contribution is -0.391. The number of aliphatic hydroxyl groups is 20. The number of carboxylic acids is 1. The zero-order valence-electron chi connectivity index (χ0n) is 65.2. The molecule has 0 amide bonds. The van der Waals surface area contributed by atoms with E-state index in [0.29, 0.717) is 38.5 Å². The molecule has 0 aromatic heterocycles. The Labute approximate surface area is 661 Å². The Morgan fingerprint density at radius 2 is 0.957 bits per heavy atom. The molecule has 40 nitrogen and oxygen atoms in total. The Hall–Kier alpha value is -3.05. The normalized spacial score (nSPS) is 55.4. The molecule has 8 heterocycles. The molecule has 8 aliphatic heterocycles. The first-order valence-electron chi connectivity index (χ1n) is 39.8. The molecule has 115 heavy (non-hydrogen) atoms. The molecule has 8 saturated heterocycles. The fourth-order valence-electron chi connectivity index (χ4n) is 21.4. The predicted molar refractivity (Wildman–Crippen MR) is 373 cm³/mol. The lowest BCUT2D eigenvalue weighted by Gasteiger charge is -2.71. The Kier molecular flexibility index (Phi) is 26.4. The van der Waals surface area contributed by atoms with Crippen LogP contribution < -0.4 is 0 Å². The highest BCUT2D eigenvalue weighted by atomic mass is 16.8. The van der Waals surface area contributed by atoms with E-state index >= 15 is 4.79 Å². The molecule has 12 fully saturated rings. The smallest absolute Gasteiger partial charge is 0.335 e. The van der Waals surface area contributed by atoms with Crippen molar-refractivity contribution in [1.82, 2.24) is 0 Å². The van der Waals surface area contributed by atoms with Gasteiger partial charge in [0.05, 0.1) is 62.4 Å². The maximum Gasteiger partial charge on any atom is 0.335 e. The summed E-state index contributed by atoms with van der Waals surface area (Å²) in [6.45, 7) is 13.8. The minimum Gasteiger partial charge on any atom is -0.479 e. The maximum atomic E-state index is 16.1. The molecule has 0 spiro atoms. The van der Waals surface area contributed by atoms with Crippen molar-refractivity contribution in [2.24, 2.45) is 50.2 Å². The summed E-state index contributed by atoms with van der Waals surface area (Å²) < 4.78 is 96.4. The molecule has 658 valence electrons. The first-order valence-corrected chi connectivity index (χ1v) is 39.8. The monoisotopic (exact) mass is 1660 g/mol. The second-order valence-corrected chi connectivity index (χ2v) is 35.9. The second kappa shape index (κ2) is 33.9. The molecule has 0 aromatic carbocycles. The number of fused-ring (bicyclic) bond motifs is 7. The zero-order chi connectivity index (χ0) is 83.9. The number of carbonyl (C=O) groups excluding carboxylic acids is 2. The van der Waals surface area contributed by atoms with Crippen molar-refractivity contribution in [2.45, 2.75) is 360 Å². The average Bonchev–Trinajstić information content (AvgIpc) is 0.669. The molecular weight excluding hydrogens is 1540 g/mol. The standard InChI is InChI=1S/C75H118O40/c1-25-38(82)42(86)47(91)64(103-25)109-54-27(3)105-67(58(50(54)94)113-65-49(93)44(88)53(26(2)104-65)108-63-52(96)55(32(80)23-102-63)110-61-45(89)39(83)30(78)21-100-61)115-69(99)75-17-16-70(4,5)18-29(75)28-10-11-35-71(6)14-13-37(72(7,24-77)34(71)12-15-73(35,8)74(28,9)19-36(75)81)107-68-59(114-66-48(92)43(87)41(85)33(20-76)106-66)56(51(95)57(112-68)60(97)98)111-62-46(90)40(84)31(79)22-101-62/h10,24-27,29-59,61-68,76,78-96H,11-23H2,1-9H3,(H,97,98)/t25-,26+,27-,29+,30-,31-,32-,33-,34?,35?,36-,37+,38-,39+,40+,41+,42+,43+,44+,45-,46-,47-,48-,49-,50+,51+,52-,53+,54+,55+,56+,57+,58-,59-,61+,62+,63+,64+,65+,66+,67+,68-,71+,72+,73-,74-,75-/m1/s1. The van der Waals surface area contributed by atoms with Crippen LogP contribution in [0.1, 0.15) is 120 Å². The third kappa shape index (κ3) is 15.7. The van der Waals surface area contributed by atoms with Crippen molar-refractivity contribution in [3.05, 3.63) is 11.6 Å². The summed E-state index contributed by atoms with van der Waals surface area (Å²) in [4.78, 5) is 43.5. The molecule has 5 aliphatic carbocycles. The van der Waals surface area contributed by atoms with Crippen LogP contribution in [0.2, 0.25) is 0 Å². The van der Waals surface area contributed by atoms with Crippen LogP contribution in [-0.4, -0.2) is 391 Å². The van der Waals surface area contributed by atoms with Crippen LogP contribution in [-0.2, 0) is 90.2 Å². The van der Waals surface area contributed by atoms with E-state index in [1.54, 1.807) is 6.92 Å². The molecule has 13 aliphatic rings. The number of carboxylic acid groups (broad SMARTS) is 1. The first kappa shape index (κ1) is 89.7. The Bertz CT molecular complexity index is 3400.